The van der Waals surface area contributed by atoms with Gasteiger partial charge < -0.3 is 30.0 Å². The van der Waals surface area contributed by atoms with Crippen molar-refractivity contribution >= 4 is 5.69 Å². The Morgan fingerprint density at radius 3 is 2.51 bits per heavy atom. The zero-order chi connectivity index (χ0) is 27.5. The van der Waals surface area contributed by atoms with Crippen molar-refractivity contribution in [1.82, 2.24) is 5.32 Å². The summed E-state index contributed by atoms with van der Waals surface area (Å²) < 4.78 is 16.6. The number of aryl methyl sites for hydroxylation is 1. The number of methoxy groups -OCH3 is 2. The van der Waals surface area contributed by atoms with Crippen LogP contribution in [-0.4, -0.2) is 51.7 Å². The molecule has 3 aromatic carbocycles. The number of benzene rings is 3. The molecule has 0 fully saturated rings. The van der Waals surface area contributed by atoms with Gasteiger partial charge in [-0.15, -0.1) is 0 Å². The molecule has 0 heterocycles. The molecule has 0 saturated heterocycles. The second-order valence-corrected chi connectivity index (χ2v) is 10.4. The number of rotatable bonds is 15. The minimum absolute atomic E-state index is 0.298. The average Bonchev–Trinajstić information content (AvgIpc) is 2.96. The van der Waals surface area contributed by atoms with Crippen LogP contribution in [0.15, 0.2) is 60.7 Å². The third kappa shape index (κ3) is 8.38. The highest BCUT2D eigenvalue weighted by Crippen LogP contribution is 2.39. The van der Waals surface area contributed by atoms with Crippen molar-refractivity contribution in [3.63, 3.8) is 0 Å². The van der Waals surface area contributed by atoms with Gasteiger partial charge in [-0.05, 0) is 104 Å². The molecule has 3 aromatic rings. The Morgan fingerprint density at radius 2 is 1.74 bits per heavy atom. The number of fused-ring (bicyclic) bond motifs is 1. The van der Waals surface area contributed by atoms with Crippen LogP contribution in [-0.2, 0) is 24.0 Å². The summed E-state index contributed by atoms with van der Waals surface area (Å²) in [6.45, 7) is 5.43. The van der Waals surface area contributed by atoms with Crippen molar-refractivity contribution < 1.29 is 19.3 Å². The summed E-state index contributed by atoms with van der Waals surface area (Å²) in [5.41, 5.74) is 6.39. The molecule has 2 atom stereocenters. The SMILES string of the molecule is CCC(Cc1ccc(OCCNCCCOC)cc1)Nc1cc(OC)ccc1C1CCc2cc(O)ccc2C1. The van der Waals surface area contributed by atoms with E-state index >= 15 is 0 Å². The Balaban J connectivity index is 1.37. The maximum atomic E-state index is 9.88. The summed E-state index contributed by atoms with van der Waals surface area (Å²) in [6.07, 6.45) is 5.98. The van der Waals surface area contributed by atoms with E-state index in [9.17, 15) is 5.11 Å². The van der Waals surface area contributed by atoms with Crippen molar-refractivity contribution in [1.29, 1.82) is 0 Å². The molecule has 0 aromatic heterocycles. The number of anilines is 1. The number of aromatic hydroxyl groups is 1. The third-order valence-corrected chi connectivity index (χ3v) is 7.63. The van der Waals surface area contributed by atoms with Gasteiger partial charge in [-0.25, -0.2) is 0 Å². The van der Waals surface area contributed by atoms with Gasteiger partial charge in [0.05, 0.1) is 7.11 Å². The normalized spacial score (nSPS) is 15.4. The lowest BCUT2D eigenvalue weighted by molar-refractivity contribution is 0.193. The van der Waals surface area contributed by atoms with Crippen LogP contribution in [0.4, 0.5) is 5.69 Å². The highest BCUT2D eigenvalue weighted by Gasteiger charge is 2.24. The summed E-state index contributed by atoms with van der Waals surface area (Å²) in [5.74, 6) is 2.56. The maximum absolute atomic E-state index is 9.88. The molecule has 1 aliphatic carbocycles. The number of hydrogen-bond donors (Lipinski definition) is 3. The van der Waals surface area contributed by atoms with E-state index in [1.54, 1.807) is 20.3 Å². The molecule has 3 N–H and O–H groups in total. The van der Waals surface area contributed by atoms with E-state index in [1.807, 2.05) is 6.07 Å². The first kappa shape index (κ1) is 28.8. The standard InChI is InChI=1S/C33H44N2O4/c1-4-28(20-24-6-12-30(13-7-24)39-19-17-34-16-5-18-37-2)35-33-23-31(38-3)14-15-32(33)27-9-8-26-22-29(36)11-10-25(26)21-27/h6-7,10-15,22-23,27-28,34-36H,4-5,8-9,16-21H2,1-3H3. The van der Waals surface area contributed by atoms with E-state index in [1.165, 1.54) is 22.3 Å². The summed E-state index contributed by atoms with van der Waals surface area (Å²) in [5, 5.41) is 17.1. The van der Waals surface area contributed by atoms with Crippen molar-refractivity contribution in [2.24, 2.45) is 0 Å². The fourth-order valence-electron chi connectivity index (χ4n) is 5.38. The van der Waals surface area contributed by atoms with E-state index in [4.69, 9.17) is 14.2 Å². The van der Waals surface area contributed by atoms with Crippen molar-refractivity contribution in [2.45, 2.75) is 57.4 Å². The fraction of sp³-hybridized carbons (Fsp3) is 0.455. The number of nitrogens with one attached hydrogen (secondary N) is 2. The zero-order valence-corrected chi connectivity index (χ0v) is 23.7. The number of hydrogen-bond acceptors (Lipinski definition) is 6. The molecule has 210 valence electrons. The predicted octanol–water partition coefficient (Wildman–Crippen LogP) is 6.11. The van der Waals surface area contributed by atoms with Crippen LogP contribution >= 0.6 is 0 Å². The van der Waals surface area contributed by atoms with Gasteiger partial charge in [0.15, 0.2) is 0 Å². The van der Waals surface area contributed by atoms with Gasteiger partial charge in [0, 0.05) is 38.1 Å². The second-order valence-electron chi connectivity index (χ2n) is 10.4. The predicted molar refractivity (Wildman–Crippen MR) is 159 cm³/mol. The van der Waals surface area contributed by atoms with Gasteiger partial charge >= 0.3 is 0 Å². The second kappa shape index (κ2) is 14.8. The van der Waals surface area contributed by atoms with Gasteiger partial charge in [0.1, 0.15) is 23.9 Å². The molecular weight excluding hydrogens is 488 g/mol. The first-order valence-corrected chi connectivity index (χ1v) is 14.3. The average molecular weight is 533 g/mol. The van der Waals surface area contributed by atoms with Crippen molar-refractivity contribution in [3.05, 3.63) is 82.9 Å². The smallest absolute Gasteiger partial charge is 0.120 e. The molecule has 0 saturated carbocycles. The molecule has 1 aliphatic rings. The third-order valence-electron chi connectivity index (χ3n) is 7.63. The number of ether oxygens (including phenoxy) is 3. The summed E-state index contributed by atoms with van der Waals surface area (Å²) in [4.78, 5) is 0. The minimum atomic E-state index is 0.298. The minimum Gasteiger partial charge on any atom is -0.508 e. The van der Waals surface area contributed by atoms with Gasteiger partial charge in [-0.2, -0.15) is 0 Å². The molecule has 6 heteroatoms. The molecule has 39 heavy (non-hydrogen) atoms. The molecule has 0 spiro atoms. The molecule has 0 amide bonds. The van der Waals surface area contributed by atoms with Crippen LogP contribution < -0.4 is 20.1 Å². The Morgan fingerprint density at radius 1 is 0.923 bits per heavy atom. The van der Waals surface area contributed by atoms with Gasteiger partial charge in [-0.1, -0.05) is 31.2 Å². The highest BCUT2D eigenvalue weighted by molar-refractivity contribution is 5.58. The van der Waals surface area contributed by atoms with Crippen LogP contribution in [0.2, 0.25) is 0 Å². The number of phenols is 1. The molecule has 0 aliphatic heterocycles. The highest BCUT2D eigenvalue weighted by atomic mass is 16.5. The zero-order valence-electron chi connectivity index (χ0n) is 23.7. The lowest BCUT2D eigenvalue weighted by Crippen LogP contribution is -2.23. The molecule has 0 radical (unpaired) electrons. The lowest BCUT2D eigenvalue weighted by Gasteiger charge is -2.29. The first-order chi connectivity index (χ1) is 19.1. The van der Waals surface area contributed by atoms with Crippen LogP contribution in [0.1, 0.15) is 54.4 Å². The topological polar surface area (TPSA) is 72.0 Å². The lowest BCUT2D eigenvalue weighted by atomic mass is 9.79. The molecule has 4 rings (SSSR count). The molecule has 6 nitrogen and oxygen atoms in total. The van der Waals surface area contributed by atoms with Crippen LogP contribution in [0.25, 0.3) is 0 Å². The van der Waals surface area contributed by atoms with Gasteiger partial charge in [0.2, 0.25) is 0 Å². The van der Waals surface area contributed by atoms with Crippen LogP contribution in [0.5, 0.6) is 17.2 Å². The number of phenolic OH excluding ortho intramolecular Hbond substituents is 1. The van der Waals surface area contributed by atoms with Gasteiger partial charge in [0.25, 0.3) is 0 Å². The van der Waals surface area contributed by atoms with E-state index in [0.717, 1.165) is 75.4 Å². The molecule has 0 bridgehead atoms. The molecular formula is C33H44N2O4. The summed E-state index contributed by atoms with van der Waals surface area (Å²) >= 11 is 0. The van der Waals surface area contributed by atoms with Crippen LogP contribution in [0.3, 0.4) is 0 Å². The van der Waals surface area contributed by atoms with E-state index in [2.05, 4.69) is 66.1 Å². The monoisotopic (exact) mass is 532 g/mol. The van der Waals surface area contributed by atoms with Crippen molar-refractivity contribution in [3.8, 4) is 17.2 Å². The van der Waals surface area contributed by atoms with Gasteiger partial charge in [-0.3, -0.25) is 0 Å². The summed E-state index contributed by atoms with van der Waals surface area (Å²) in [6, 6.07) is 21.0. The van der Waals surface area contributed by atoms with E-state index in [0.29, 0.717) is 24.3 Å². The fourth-order valence-corrected chi connectivity index (χ4v) is 5.38. The quantitative estimate of drug-likeness (QED) is 0.205. The van der Waals surface area contributed by atoms with E-state index in [-0.39, 0.29) is 0 Å². The largest absolute Gasteiger partial charge is 0.508 e. The maximum Gasteiger partial charge on any atom is 0.120 e. The summed E-state index contributed by atoms with van der Waals surface area (Å²) in [7, 11) is 3.45. The van der Waals surface area contributed by atoms with Crippen molar-refractivity contribution in [2.75, 3.05) is 45.8 Å². The Kier molecular flexibility index (Phi) is 10.9. The van der Waals surface area contributed by atoms with E-state index < -0.39 is 0 Å². The Bertz CT molecular complexity index is 1160. The Labute approximate surface area is 233 Å². The first-order valence-electron chi connectivity index (χ1n) is 14.3. The Hall–Kier alpha value is -3.22. The molecule has 2 unspecified atom stereocenters. The van der Waals surface area contributed by atoms with Crippen LogP contribution in [0, 0.1) is 0 Å².